The van der Waals surface area contributed by atoms with Crippen molar-refractivity contribution in [1.29, 1.82) is 0 Å². The molecule has 4 aliphatic carbocycles. The molecule has 0 N–H and O–H groups in total. The predicted molar refractivity (Wildman–Crippen MR) is 49.6 cm³/mol. The maximum Gasteiger partial charge on any atom is 0.309 e. The van der Waals surface area contributed by atoms with Gasteiger partial charge in [0, 0.05) is 0 Å². The lowest BCUT2D eigenvalue weighted by Gasteiger charge is -2.16. The molecule has 6 atom stereocenters. The van der Waals surface area contributed by atoms with Crippen LogP contribution >= 0.6 is 0 Å². The van der Waals surface area contributed by atoms with Gasteiger partial charge in [-0.1, -0.05) is 0 Å². The Labute approximate surface area is 87.9 Å². The first kappa shape index (κ1) is 9.19. The number of carbonyl (C=O) groups excluding carboxylic acids is 2. The zero-order valence-corrected chi connectivity index (χ0v) is 8.80. The molecular weight excluding hydrogens is 196 g/mol. The van der Waals surface area contributed by atoms with Gasteiger partial charge in [-0.3, -0.25) is 9.59 Å². The molecule has 0 amide bonds. The second-order valence-electron chi connectivity index (χ2n) is 4.82. The number of methoxy groups -OCH3 is 2. The summed E-state index contributed by atoms with van der Waals surface area (Å²) >= 11 is 0. The first-order chi connectivity index (χ1) is 7.20. The number of hydrogen-bond acceptors (Lipinski definition) is 4. The Morgan fingerprint density at radius 2 is 1.40 bits per heavy atom. The Balaban J connectivity index is 1.84. The molecule has 4 rings (SSSR count). The highest BCUT2D eigenvalue weighted by atomic mass is 16.5. The molecule has 0 spiro atoms. The lowest BCUT2D eigenvalue weighted by Crippen LogP contribution is -2.26. The van der Waals surface area contributed by atoms with Gasteiger partial charge in [-0.2, -0.15) is 0 Å². The van der Waals surface area contributed by atoms with Crippen LogP contribution in [0.3, 0.4) is 0 Å². The van der Waals surface area contributed by atoms with Crippen LogP contribution < -0.4 is 0 Å². The normalized spacial score (nSPS) is 48.9. The molecule has 0 heterocycles. The van der Waals surface area contributed by atoms with Gasteiger partial charge in [0.2, 0.25) is 0 Å². The van der Waals surface area contributed by atoms with Crippen LogP contribution in [-0.2, 0) is 19.1 Å². The number of rotatable bonds is 2. The molecule has 2 unspecified atom stereocenters. The van der Waals surface area contributed by atoms with Crippen molar-refractivity contribution < 1.29 is 19.1 Å². The summed E-state index contributed by atoms with van der Waals surface area (Å²) in [6.07, 6.45) is 1.01. The summed E-state index contributed by atoms with van der Waals surface area (Å²) in [6.45, 7) is 0. The largest absolute Gasteiger partial charge is 0.469 e. The SMILES string of the molecule is COC(=O)[C@@H]1C2CC3[C@@H]1[C@H]3[C@@H]2C(=O)OC. The van der Waals surface area contributed by atoms with E-state index in [1.165, 1.54) is 14.2 Å². The van der Waals surface area contributed by atoms with Crippen LogP contribution in [0.4, 0.5) is 0 Å². The highest BCUT2D eigenvalue weighted by Crippen LogP contribution is 2.76. The Bertz CT molecular complexity index is 307. The quantitative estimate of drug-likeness (QED) is 0.621. The van der Waals surface area contributed by atoms with Crippen molar-refractivity contribution in [3.8, 4) is 0 Å². The van der Waals surface area contributed by atoms with Crippen LogP contribution in [0.5, 0.6) is 0 Å². The standard InChI is InChI=1S/C11H14O4/c1-14-10(12)8-5-3-4-6(8)7(4)9(5)11(13)15-2/h4-9H,3H2,1-2H3/t4?,5?,6-,7+,8-,9-/m1/s1. The van der Waals surface area contributed by atoms with Crippen molar-refractivity contribution in [1.82, 2.24) is 0 Å². The number of carbonyl (C=O) groups is 2. The van der Waals surface area contributed by atoms with Crippen LogP contribution in [0.25, 0.3) is 0 Å². The predicted octanol–water partition coefficient (Wildman–Crippen LogP) is 0.460. The van der Waals surface area contributed by atoms with Crippen molar-refractivity contribution >= 4 is 11.9 Å². The van der Waals surface area contributed by atoms with Crippen molar-refractivity contribution in [3.63, 3.8) is 0 Å². The Hall–Kier alpha value is -1.06. The lowest BCUT2D eigenvalue weighted by molar-refractivity contribution is -0.149. The van der Waals surface area contributed by atoms with Crippen LogP contribution in [0.2, 0.25) is 0 Å². The molecule has 0 radical (unpaired) electrons. The summed E-state index contributed by atoms with van der Waals surface area (Å²) in [5, 5.41) is 0. The average molecular weight is 210 g/mol. The molecule has 4 fully saturated rings. The minimum atomic E-state index is -0.138. The molecule has 4 bridgehead atoms. The number of hydrogen-bond donors (Lipinski definition) is 0. The molecule has 15 heavy (non-hydrogen) atoms. The van der Waals surface area contributed by atoms with Crippen LogP contribution in [-0.4, -0.2) is 26.2 Å². The van der Waals surface area contributed by atoms with E-state index < -0.39 is 0 Å². The fourth-order valence-electron chi connectivity index (χ4n) is 4.09. The second-order valence-corrected chi connectivity index (χ2v) is 4.82. The third-order valence-corrected chi connectivity index (χ3v) is 4.54. The fourth-order valence-corrected chi connectivity index (χ4v) is 4.09. The molecule has 0 aromatic heterocycles. The van der Waals surface area contributed by atoms with Crippen molar-refractivity contribution in [2.24, 2.45) is 35.5 Å². The molecule has 82 valence electrons. The number of ether oxygens (including phenoxy) is 2. The third-order valence-electron chi connectivity index (χ3n) is 4.54. The van der Waals surface area contributed by atoms with Gasteiger partial charge in [-0.25, -0.2) is 0 Å². The minimum absolute atomic E-state index is 0.0332. The highest BCUT2D eigenvalue weighted by Gasteiger charge is 2.77. The number of esters is 2. The van der Waals surface area contributed by atoms with Gasteiger partial charge in [-0.05, 0) is 30.1 Å². The first-order valence-corrected chi connectivity index (χ1v) is 5.36. The molecule has 4 nitrogen and oxygen atoms in total. The van der Waals surface area contributed by atoms with Crippen LogP contribution in [0.1, 0.15) is 6.42 Å². The van der Waals surface area contributed by atoms with Crippen LogP contribution in [0, 0.1) is 35.5 Å². The van der Waals surface area contributed by atoms with Gasteiger partial charge in [0.05, 0.1) is 26.1 Å². The summed E-state index contributed by atoms with van der Waals surface area (Å²) in [5.41, 5.74) is 0. The van der Waals surface area contributed by atoms with Gasteiger partial charge in [0.25, 0.3) is 0 Å². The van der Waals surface area contributed by atoms with E-state index >= 15 is 0 Å². The molecule has 4 aliphatic rings. The van der Waals surface area contributed by atoms with E-state index in [0.29, 0.717) is 17.8 Å². The van der Waals surface area contributed by atoms with Crippen molar-refractivity contribution in [2.45, 2.75) is 6.42 Å². The van der Waals surface area contributed by atoms with E-state index in [9.17, 15) is 9.59 Å². The molecule has 4 heteroatoms. The van der Waals surface area contributed by atoms with Gasteiger partial charge < -0.3 is 9.47 Å². The van der Waals surface area contributed by atoms with E-state index in [4.69, 9.17) is 9.47 Å². The van der Waals surface area contributed by atoms with E-state index in [2.05, 4.69) is 0 Å². The van der Waals surface area contributed by atoms with Gasteiger partial charge in [0.15, 0.2) is 0 Å². The molecule has 4 saturated carbocycles. The Morgan fingerprint density at radius 3 is 1.73 bits per heavy atom. The fraction of sp³-hybridized carbons (Fsp3) is 0.818. The Morgan fingerprint density at radius 1 is 0.933 bits per heavy atom. The van der Waals surface area contributed by atoms with E-state index in [0.717, 1.165) is 6.42 Å². The Kier molecular flexibility index (Phi) is 1.68. The summed E-state index contributed by atoms with van der Waals surface area (Å²) in [5.74, 6) is 1.25. The van der Waals surface area contributed by atoms with E-state index in [1.807, 2.05) is 0 Å². The van der Waals surface area contributed by atoms with E-state index in [1.54, 1.807) is 0 Å². The smallest absolute Gasteiger partial charge is 0.309 e. The van der Waals surface area contributed by atoms with Crippen molar-refractivity contribution in [2.75, 3.05) is 14.2 Å². The van der Waals surface area contributed by atoms with Crippen molar-refractivity contribution in [3.05, 3.63) is 0 Å². The summed E-state index contributed by atoms with van der Waals surface area (Å²) in [7, 11) is 2.84. The average Bonchev–Trinajstić information content (AvgIpc) is 2.68. The highest BCUT2D eigenvalue weighted by molar-refractivity contribution is 5.81. The molecule has 0 aliphatic heterocycles. The van der Waals surface area contributed by atoms with Gasteiger partial charge in [0.1, 0.15) is 0 Å². The van der Waals surface area contributed by atoms with Crippen LogP contribution in [0.15, 0.2) is 0 Å². The zero-order valence-electron chi connectivity index (χ0n) is 8.80. The van der Waals surface area contributed by atoms with E-state index in [-0.39, 0.29) is 29.7 Å². The summed E-state index contributed by atoms with van der Waals surface area (Å²) < 4.78 is 9.60. The van der Waals surface area contributed by atoms with Gasteiger partial charge >= 0.3 is 11.9 Å². The monoisotopic (exact) mass is 210 g/mol. The first-order valence-electron chi connectivity index (χ1n) is 5.36. The third kappa shape index (κ3) is 0.924. The topological polar surface area (TPSA) is 52.6 Å². The maximum absolute atomic E-state index is 11.6. The molecule has 0 aromatic carbocycles. The summed E-state index contributed by atoms with van der Waals surface area (Å²) in [6, 6.07) is 0. The van der Waals surface area contributed by atoms with Gasteiger partial charge in [-0.15, -0.1) is 0 Å². The molecule has 0 aromatic rings. The zero-order chi connectivity index (χ0) is 10.7. The second kappa shape index (κ2) is 2.74. The molecular formula is C11H14O4. The molecule has 0 saturated heterocycles. The minimum Gasteiger partial charge on any atom is -0.469 e. The lowest BCUT2D eigenvalue weighted by atomic mass is 9.91. The summed E-state index contributed by atoms with van der Waals surface area (Å²) in [4.78, 5) is 23.1. The maximum atomic E-state index is 11.6.